The van der Waals surface area contributed by atoms with E-state index in [2.05, 4.69) is 27.6 Å². The lowest BCUT2D eigenvalue weighted by Crippen LogP contribution is -2.25. The van der Waals surface area contributed by atoms with Gasteiger partial charge in [-0.1, -0.05) is 12.8 Å². The number of nitrogens with one attached hydrogen (secondary N) is 1. The summed E-state index contributed by atoms with van der Waals surface area (Å²) in [4.78, 5) is 4.55. The molecule has 0 radical (unpaired) electrons. The van der Waals surface area contributed by atoms with Crippen molar-refractivity contribution in [1.29, 1.82) is 0 Å². The lowest BCUT2D eigenvalue weighted by atomic mass is 9.84. The minimum Gasteiger partial charge on any atom is -0.262 e. The van der Waals surface area contributed by atoms with Gasteiger partial charge in [-0.3, -0.25) is 4.72 Å². The second-order valence-electron chi connectivity index (χ2n) is 5.74. The third kappa shape index (κ3) is 3.52. The number of hydrogen-bond donors (Lipinski definition) is 2. The van der Waals surface area contributed by atoms with Gasteiger partial charge in [0, 0.05) is 19.4 Å². The summed E-state index contributed by atoms with van der Waals surface area (Å²) in [5.41, 5.74) is 2.72. The van der Waals surface area contributed by atoms with Gasteiger partial charge in [0.1, 0.15) is 0 Å². The van der Waals surface area contributed by atoms with Gasteiger partial charge in [0.05, 0.1) is 18.1 Å². The monoisotopic (exact) mass is 312 g/mol. The molecule has 0 bridgehead atoms. The van der Waals surface area contributed by atoms with Crippen molar-refractivity contribution in [3.05, 3.63) is 29.7 Å². The minimum absolute atomic E-state index is 0.00104. The van der Waals surface area contributed by atoms with Crippen molar-refractivity contribution in [3.8, 4) is 0 Å². The predicted octanol–water partition coefficient (Wildman–Crippen LogP) is 3.03. The van der Waals surface area contributed by atoms with E-state index in [1.807, 2.05) is 12.3 Å². The molecule has 1 aliphatic carbocycles. The summed E-state index contributed by atoms with van der Waals surface area (Å²) < 4.78 is 30.8. The fourth-order valence-corrected chi connectivity index (χ4v) is 3.03. The fraction of sp³-hybridized carbons (Fsp3) is 0.571. The van der Waals surface area contributed by atoms with Crippen LogP contribution in [-0.2, 0) is 13.0 Å². The first-order chi connectivity index (χ1) is 10.1. The highest BCUT2D eigenvalue weighted by Gasteiger charge is 2.34. The zero-order valence-electron chi connectivity index (χ0n) is 11.6. The molecule has 21 heavy (non-hydrogen) atoms. The molecule has 3 rings (SSSR count). The fourth-order valence-electron chi connectivity index (χ4n) is 2.85. The van der Waals surface area contributed by atoms with Gasteiger partial charge < -0.3 is 0 Å². The van der Waals surface area contributed by atoms with Gasteiger partial charge >= 0.3 is 0 Å². The summed E-state index contributed by atoms with van der Waals surface area (Å²) in [5.74, 6) is -2.17. The van der Waals surface area contributed by atoms with Gasteiger partial charge in [-0.2, -0.15) is 5.10 Å². The molecule has 0 amide bonds. The van der Waals surface area contributed by atoms with Crippen LogP contribution in [0.3, 0.4) is 0 Å². The number of thiol groups is 1. The molecule has 114 valence electrons. The van der Waals surface area contributed by atoms with Gasteiger partial charge in [0.15, 0.2) is 5.65 Å². The van der Waals surface area contributed by atoms with Crippen LogP contribution in [0, 0.1) is 5.92 Å². The quantitative estimate of drug-likeness (QED) is 0.853. The number of hydrogen-bond acceptors (Lipinski definition) is 4. The summed E-state index contributed by atoms with van der Waals surface area (Å²) in [7, 11) is 0. The Labute approximate surface area is 127 Å². The van der Waals surface area contributed by atoms with E-state index in [1.54, 1.807) is 10.7 Å². The molecule has 1 saturated carbocycles. The van der Waals surface area contributed by atoms with Crippen molar-refractivity contribution in [2.24, 2.45) is 5.92 Å². The van der Waals surface area contributed by atoms with E-state index >= 15 is 0 Å². The van der Waals surface area contributed by atoms with Gasteiger partial charge in [-0.15, -0.1) is 0 Å². The maximum Gasteiger partial charge on any atom is 0.248 e. The Morgan fingerprint density at radius 1 is 1.38 bits per heavy atom. The lowest BCUT2D eigenvalue weighted by molar-refractivity contribution is -0.0457. The van der Waals surface area contributed by atoms with Crippen LogP contribution in [0.5, 0.6) is 0 Å². The first-order valence-electron chi connectivity index (χ1n) is 7.14. The number of rotatable bonds is 4. The molecule has 2 heterocycles. The van der Waals surface area contributed by atoms with Crippen LogP contribution in [0.15, 0.2) is 18.5 Å². The molecule has 0 atom stereocenters. The Balaban J connectivity index is 1.70. The van der Waals surface area contributed by atoms with Crippen LogP contribution in [-0.4, -0.2) is 20.5 Å². The maximum atomic E-state index is 13.2. The molecule has 4 nitrogen and oxygen atoms in total. The van der Waals surface area contributed by atoms with Crippen LogP contribution in [0.25, 0.3) is 5.65 Å². The highest BCUT2D eigenvalue weighted by atomic mass is 32.1. The standard InChI is InChI=1S/C14H18F2N4S/c15-14(16)3-1-10(2-4-14)5-12-9-20-13(19-12)6-11(7-17-20)8-18-21/h6-7,9-10,18,21H,1-5,8H2. The highest BCUT2D eigenvalue weighted by Crippen LogP contribution is 2.37. The van der Waals surface area contributed by atoms with Crippen molar-refractivity contribution >= 4 is 18.5 Å². The van der Waals surface area contributed by atoms with Gasteiger partial charge in [-0.25, -0.2) is 18.3 Å². The van der Waals surface area contributed by atoms with Gasteiger partial charge in [-0.05, 0) is 36.8 Å². The third-order valence-electron chi connectivity index (χ3n) is 4.04. The van der Waals surface area contributed by atoms with Crippen LogP contribution in [0.2, 0.25) is 0 Å². The zero-order chi connectivity index (χ0) is 14.9. The van der Waals surface area contributed by atoms with Crippen molar-refractivity contribution in [1.82, 2.24) is 19.3 Å². The van der Waals surface area contributed by atoms with Crippen molar-refractivity contribution in [3.63, 3.8) is 0 Å². The number of imidazole rings is 1. The van der Waals surface area contributed by atoms with Crippen LogP contribution >= 0.6 is 12.8 Å². The number of alkyl halides is 2. The molecule has 7 heteroatoms. The van der Waals surface area contributed by atoms with E-state index in [9.17, 15) is 8.78 Å². The normalized spacial score (nSPS) is 19.2. The Morgan fingerprint density at radius 2 is 2.14 bits per heavy atom. The van der Waals surface area contributed by atoms with E-state index in [-0.39, 0.29) is 12.8 Å². The molecule has 2 aromatic rings. The highest BCUT2D eigenvalue weighted by molar-refractivity contribution is 7.78. The molecule has 0 saturated heterocycles. The van der Waals surface area contributed by atoms with E-state index in [4.69, 9.17) is 0 Å². The predicted molar refractivity (Wildman–Crippen MR) is 79.4 cm³/mol. The summed E-state index contributed by atoms with van der Waals surface area (Å²) in [6, 6.07) is 1.95. The Hall–Kier alpha value is -1.21. The molecule has 1 N–H and O–H groups in total. The number of nitrogens with zero attached hydrogens (tertiary/aromatic N) is 3. The summed E-state index contributed by atoms with van der Waals surface area (Å²) >= 11 is 3.97. The molecule has 1 fully saturated rings. The molecule has 1 aliphatic rings. The van der Waals surface area contributed by atoms with Crippen molar-refractivity contribution in [2.45, 2.75) is 44.6 Å². The molecule has 2 aromatic heterocycles. The zero-order valence-corrected chi connectivity index (χ0v) is 12.5. The molecule has 0 spiro atoms. The largest absolute Gasteiger partial charge is 0.262 e. The van der Waals surface area contributed by atoms with Crippen LogP contribution in [0.1, 0.15) is 36.9 Å². The molecular formula is C14H18F2N4S. The van der Waals surface area contributed by atoms with Crippen LogP contribution in [0.4, 0.5) is 8.78 Å². The van der Waals surface area contributed by atoms with E-state index in [0.29, 0.717) is 25.3 Å². The number of fused-ring (bicyclic) bond motifs is 1. The molecular weight excluding hydrogens is 294 g/mol. The van der Waals surface area contributed by atoms with Crippen molar-refractivity contribution in [2.75, 3.05) is 0 Å². The van der Waals surface area contributed by atoms with E-state index < -0.39 is 5.92 Å². The van der Waals surface area contributed by atoms with Gasteiger partial charge in [0.2, 0.25) is 5.92 Å². The van der Waals surface area contributed by atoms with Crippen LogP contribution < -0.4 is 4.72 Å². The van der Waals surface area contributed by atoms with E-state index in [1.165, 1.54) is 0 Å². The minimum atomic E-state index is -2.47. The molecule has 0 unspecified atom stereocenters. The number of aromatic nitrogens is 3. The van der Waals surface area contributed by atoms with Gasteiger partial charge in [0.25, 0.3) is 0 Å². The average Bonchev–Trinajstić information content (AvgIpc) is 2.83. The first kappa shape index (κ1) is 14.7. The Kier molecular flexibility index (Phi) is 4.12. The average molecular weight is 312 g/mol. The summed E-state index contributed by atoms with van der Waals surface area (Å²) in [6.45, 7) is 0.618. The number of halogens is 2. The lowest BCUT2D eigenvalue weighted by Gasteiger charge is -2.27. The third-order valence-corrected chi connectivity index (χ3v) is 4.20. The first-order valence-corrected chi connectivity index (χ1v) is 7.58. The second-order valence-corrected chi connectivity index (χ2v) is 6.05. The summed E-state index contributed by atoms with van der Waals surface area (Å²) in [5, 5.41) is 4.30. The molecule has 0 aromatic carbocycles. The maximum absolute atomic E-state index is 13.2. The van der Waals surface area contributed by atoms with Crippen molar-refractivity contribution < 1.29 is 8.78 Å². The Bertz CT molecular complexity index is 618. The smallest absolute Gasteiger partial charge is 0.248 e. The second kappa shape index (κ2) is 5.88. The Morgan fingerprint density at radius 3 is 2.86 bits per heavy atom. The topological polar surface area (TPSA) is 42.2 Å². The summed E-state index contributed by atoms with van der Waals surface area (Å²) in [6.07, 6.45) is 5.55. The molecule has 0 aliphatic heterocycles. The SMILES string of the molecule is FC1(F)CCC(Cc2cn3ncc(CNS)cc3n2)CC1. The van der Waals surface area contributed by atoms with E-state index in [0.717, 1.165) is 23.3 Å².